The lowest BCUT2D eigenvalue weighted by atomic mass is 10.1. The van der Waals surface area contributed by atoms with Crippen LogP contribution in [0.3, 0.4) is 0 Å². The van der Waals surface area contributed by atoms with Crippen LogP contribution in [-0.4, -0.2) is 41.9 Å². The second-order valence-corrected chi connectivity index (χ2v) is 6.65. The number of thiophene rings is 1. The number of hydrogen-bond acceptors (Lipinski definition) is 7. The average Bonchev–Trinajstić information content (AvgIpc) is 2.92. The van der Waals surface area contributed by atoms with Crippen molar-refractivity contribution in [2.45, 2.75) is 24.6 Å². The van der Waals surface area contributed by atoms with Crippen LogP contribution in [0, 0.1) is 0 Å². The van der Waals surface area contributed by atoms with Gasteiger partial charge in [-0.3, -0.25) is 10.4 Å². The van der Waals surface area contributed by atoms with Crippen molar-refractivity contribution in [3.8, 4) is 0 Å². The number of nitrogens with one attached hydrogen (secondary N) is 1. The van der Waals surface area contributed by atoms with E-state index in [0.717, 1.165) is 10.6 Å². The summed E-state index contributed by atoms with van der Waals surface area (Å²) >= 11 is 2.88. The molecule has 0 unspecified atom stereocenters. The highest BCUT2D eigenvalue weighted by Gasteiger charge is 2.26. The van der Waals surface area contributed by atoms with Crippen molar-refractivity contribution in [1.29, 1.82) is 0 Å². The third-order valence-corrected chi connectivity index (χ3v) is 4.69. The lowest BCUT2D eigenvalue weighted by Crippen LogP contribution is -2.37. The minimum absolute atomic E-state index is 0.0212. The van der Waals surface area contributed by atoms with Crippen LogP contribution in [-0.2, 0) is 9.53 Å². The van der Waals surface area contributed by atoms with Crippen LogP contribution >= 0.6 is 23.1 Å². The number of hydrogen-bond donors (Lipinski definition) is 1. The van der Waals surface area contributed by atoms with Crippen molar-refractivity contribution < 1.29 is 14.6 Å². The molecule has 0 radical (unpaired) electrons. The van der Waals surface area contributed by atoms with E-state index in [-0.39, 0.29) is 17.7 Å². The van der Waals surface area contributed by atoms with Crippen molar-refractivity contribution in [3.05, 3.63) is 22.4 Å². The minimum atomic E-state index is -1.09. The van der Waals surface area contributed by atoms with E-state index in [0.29, 0.717) is 11.8 Å². The number of carbonyl (C=O) groups is 1. The molecule has 1 aliphatic heterocycles. The van der Waals surface area contributed by atoms with E-state index in [1.54, 1.807) is 7.11 Å². The number of thioether (sulfide) groups is 1. The van der Waals surface area contributed by atoms with E-state index in [4.69, 9.17) is 4.74 Å². The number of ether oxygens (including phenoxy) is 1. The molecule has 0 saturated heterocycles. The van der Waals surface area contributed by atoms with E-state index < -0.39 is 5.97 Å². The Hall–Kier alpha value is -1.38. The molecule has 0 bridgehead atoms. The molecule has 1 aromatic rings. The third kappa shape index (κ3) is 4.55. The first-order chi connectivity index (χ1) is 10.1. The quantitative estimate of drug-likeness (QED) is 0.831. The third-order valence-electron chi connectivity index (χ3n) is 2.70. The first-order valence-electron chi connectivity index (χ1n) is 6.41. The molecule has 1 N–H and O–H groups in total. The largest absolute Gasteiger partial charge is 0.550 e. The number of nitrogens with zero attached hydrogens (tertiary/aromatic N) is 2. The van der Waals surface area contributed by atoms with Gasteiger partial charge in [0.15, 0.2) is 5.17 Å². The summed E-state index contributed by atoms with van der Waals surface area (Å²) in [6.45, 7) is 2.42. The summed E-state index contributed by atoms with van der Waals surface area (Å²) in [5, 5.41) is 17.5. The molecule has 0 fully saturated rings. The standard InChI is InChI=1S/C13H17N3O3S2/c1-8(7-19-2)14-13-16-15-12(9-4-3-5-20-9)10(21-13)6-11(17)18/h3-5,8,10H,6-7H2,1-2H3,(H,14,16)(H,17,18)/p-1/t8-,10+/m0/s1. The van der Waals surface area contributed by atoms with Gasteiger partial charge >= 0.3 is 0 Å². The molecule has 1 aromatic heterocycles. The van der Waals surface area contributed by atoms with Crippen molar-refractivity contribution in [2.24, 2.45) is 10.1 Å². The second kappa shape index (κ2) is 7.58. The molecule has 8 heteroatoms. The van der Waals surface area contributed by atoms with Crippen LogP contribution < -0.4 is 10.5 Å². The Morgan fingerprint density at radius 3 is 3.10 bits per heavy atom. The second-order valence-electron chi connectivity index (χ2n) is 4.51. The van der Waals surface area contributed by atoms with Crippen molar-refractivity contribution in [2.75, 3.05) is 13.7 Å². The van der Waals surface area contributed by atoms with Gasteiger partial charge in [0, 0.05) is 19.5 Å². The number of amidine groups is 1. The molecule has 0 saturated carbocycles. The molecule has 0 spiro atoms. The molecular formula is C13H16N3O3S2-. The topological polar surface area (TPSA) is 86.1 Å². The highest BCUT2D eigenvalue weighted by molar-refractivity contribution is 8.15. The van der Waals surface area contributed by atoms with Crippen molar-refractivity contribution >= 4 is 39.9 Å². The monoisotopic (exact) mass is 326 g/mol. The summed E-state index contributed by atoms with van der Waals surface area (Å²) in [7, 11) is 1.62. The Balaban J connectivity index is 2.18. The molecule has 0 amide bonds. The van der Waals surface area contributed by atoms with Crippen LogP contribution in [0.25, 0.3) is 0 Å². The van der Waals surface area contributed by atoms with Crippen LogP contribution in [0.15, 0.2) is 27.6 Å². The Bertz CT molecular complexity index is 543. The van der Waals surface area contributed by atoms with Gasteiger partial charge < -0.3 is 14.6 Å². The van der Waals surface area contributed by atoms with Gasteiger partial charge in [0.1, 0.15) is 0 Å². The van der Waals surface area contributed by atoms with Gasteiger partial charge in [-0.1, -0.05) is 17.8 Å². The fraction of sp³-hybridized carbons (Fsp3) is 0.462. The minimum Gasteiger partial charge on any atom is -0.550 e. The SMILES string of the molecule is COC[C@H](C)N=C1NN=C(c2cccs2)[C@@H](CC(=O)[O-])S1. The zero-order chi connectivity index (χ0) is 15.2. The van der Waals surface area contributed by atoms with Gasteiger partial charge in [0.2, 0.25) is 0 Å². The number of aliphatic imine (C=N–C) groups is 1. The molecule has 2 rings (SSSR count). The highest BCUT2D eigenvalue weighted by Crippen LogP contribution is 2.26. The number of carboxylic acid groups (broad SMARTS) is 1. The number of methoxy groups -OCH3 is 1. The summed E-state index contributed by atoms with van der Waals surface area (Å²) in [4.78, 5) is 16.3. The van der Waals surface area contributed by atoms with E-state index in [1.807, 2.05) is 24.4 Å². The molecule has 2 atom stereocenters. The molecule has 6 nitrogen and oxygen atoms in total. The van der Waals surface area contributed by atoms with Gasteiger partial charge in [-0.05, 0) is 18.4 Å². The number of aliphatic carboxylic acids is 1. The van der Waals surface area contributed by atoms with Crippen molar-refractivity contribution in [1.82, 2.24) is 5.43 Å². The van der Waals surface area contributed by atoms with Gasteiger partial charge in [0.25, 0.3) is 0 Å². The van der Waals surface area contributed by atoms with Crippen LogP contribution in [0.5, 0.6) is 0 Å². The maximum absolute atomic E-state index is 11.0. The summed E-state index contributed by atoms with van der Waals surface area (Å²) in [6.07, 6.45) is -0.0965. The lowest BCUT2D eigenvalue weighted by Gasteiger charge is -2.24. The Labute approximate surface area is 131 Å². The molecule has 2 heterocycles. The Morgan fingerprint density at radius 2 is 2.48 bits per heavy atom. The smallest absolute Gasteiger partial charge is 0.178 e. The predicted octanol–water partition coefficient (Wildman–Crippen LogP) is 0.688. The predicted molar refractivity (Wildman–Crippen MR) is 83.8 cm³/mol. The number of carbonyl (C=O) groups excluding carboxylic acids is 1. The van der Waals surface area contributed by atoms with E-state index in [1.165, 1.54) is 23.1 Å². The van der Waals surface area contributed by atoms with Crippen LogP contribution in [0.1, 0.15) is 18.2 Å². The van der Waals surface area contributed by atoms with Gasteiger partial charge in [-0.2, -0.15) is 5.10 Å². The maximum atomic E-state index is 11.0. The first kappa shape index (κ1) is 16.0. The zero-order valence-corrected chi connectivity index (χ0v) is 13.4. The van der Waals surface area contributed by atoms with Crippen LogP contribution in [0.2, 0.25) is 0 Å². The van der Waals surface area contributed by atoms with Crippen LogP contribution in [0.4, 0.5) is 0 Å². The van der Waals surface area contributed by atoms with E-state index in [9.17, 15) is 9.90 Å². The molecule has 1 aliphatic rings. The summed E-state index contributed by atoms with van der Waals surface area (Å²) in [6, 6.07) is 3.81. The molecule has 114 valence electrons. The van der Waals surface area contributed by atoms with E-state index in [2.05, 4.69) is 15.5 Å². The van der Waals surface area contributed by atoms with Gasteiger partial charge in [-0.15, -0.1) is 11.3 Å². The zero-order valence-electron chi connectivity index (χ0n) is 11.7. The molecule has 0 aliphatic carbocycles. The Morgan fingerprint density at radius 1 is 1.67 bits per heavy atom. The summed E-state index contributed by atoms with van der Waals surface area (Å²) < 4.78 is 5.03. The fourth-order valence-corrected chi connectivity index (χ4v) is 3.83. The maximum Gasteiger partial charge on any atom is 0.178 e. The normalized spacial score (nSPS) is 21.7. The van der Waals surface area contributed by atoms with E-state index >= 15 is 0 Å². The number of hydrazone groups is 1. The first-order valence-corrected chi connectivity index (χ1v) is 8.16. The summed E-state index contributed by atoms with van der Waals surface area (Å²) in [5.74, 6) is -1.09. The van der Waals surface area contributed by atoms with Gasteiger partial charge in [0.05, 0.1) is 28.5 Å². The molecule has 0 aromatic carbocycles. The number of rotatable bonds is 6. The molecular weight excluding hydrogens is 310 g/mol. The lowest BCUT2D eigenvalue weighted by molar-refractivity contribution is -0.305. The highest BCUT2D eigenvalue weighted by atomic mass is 32.2. The van der Waals surface area contributed by atoms with Crippen molar-refractivity contribution in [3.63, 3.8) is 0 Å². The summed E-state index contributed by atoms with van der Waals surface area (Å²) in [5.41, 5.74) is 3.61. The fourth-order valence-electron chi connectivity index (χ4n) is 1.86. The molecule has 21 heavy (non-hydrogen) atoms. The average molecular weight is 326 g/mol. The van der Waals surface area contributed by atoms with Gasteiger partial charge in [-0.25, -0.2) is 0 Å². The Kier molecular flexibility index (Phi) is 5.77. The number of carboxylic acids is 1.